The molecule has 7 nitrogen and oxygen atoms in total. The SMILES string of the molecule is CCOc1cc(C=NNC(=O)CSc2nnc(-c3ccccc3)s2)cc(Br)c1OCc1ccccc1C. The Labute approximate surface area is 232 Å². The summed E-state index contributed by atoms with van der Waals surface area (Å²) in [5.74, 6) is 1.16. The molecule has 0 bridgehead atoms. The summed E-state index contributed by atoms with van der Waals surface area (Å²) in [7, 11) is 0. The molecule has 0 saturated heterocycles. The van der Waals surface area contributed by atoms with E-state index in [1.165, 1.54) is 23.1 Å². The van der Waals surface area contributed by atoms with Crippen molar-refractivity contribution in [1.29, 1.82) is 0 Å². The molecular weight excluding hydrogens is 572 g/mol. The van der Waals surface area contributed by atoms with E-state index >= 15 is 0 Å². The fraction of sp³-hybridized carbons (Fsp3) is 0.185. The van der Waals surface area contributed by atoms with Crippen LogP contribution < -0.4 is 14.9 Å². The molecule has 1 aromatic heterocycles. The molecule has 37 heavy (non-hydrogen) atoms. The monoisotopic (exact) mass is 596 g/mol. The molecule has 0 aliphatic heterocycles. The molecule has 0 aliphatic carbocycles. The Bertz CT molecular complexity index is 1380. The van der Waals surface area contributed by atoms with Gasteiger partial charge >= 0.3 is 0 Å². The summed E-state index contributed by atoms with van der Waals surface area (Å²) in [6.45, 7) is 4.88. The highest BCUT2D eigenvalue weighted by molar-refractivity contribution is 9.10. The average molecular weight is 598 g/mol. The van der Waals surface area contributed by atoms with Crippen molar-refractivity contribution in [2.75, 3.05) is 12.4 Å². The third-order valence-electron chi connectivity index (χ3n) is 5.12. The number of aromatic nitrogens is 2. The number of halogens is 1. The number of aryl methyl sites for hydroxylation is 1. The molecule has 1 amide bonds. The van der Waals surface area contributed by atoms with Crippen molar-refractivity contribution >= 4 is 51.2 Å². The second-order valence-corrected chi connectivity index (χ2v) is 10.9. The maximum absolute atomic E-state index is 12.3. The number of hydrogen-bond donors (Lipinski definition) is 1. The van der Waals surface area contributed by atoms with Crippen LogP contribution in [-0.4, -0.2) is 34.7 Å². The number of amides is 1. The lowest BCUT2D eigenvalue weighted by molar-refractivity contribution is -0.118. The van der Waals surface area contributed by atoms with E-state index in [4.69, 9.17) is 9.47 Å². The minimum absolute atomic E-state index is 0.181. The number of thioether (sulfide) groups is 1. The maximum atomic E-state index is 12.3. The van der Waals surface area contributed by atoms with Gasteiger partial charge < -0.3 is 9.47 Å². The summed E-state index contributed by atoms with van der Waals surface area (Å²) in [4.78, 5) is 12.3. The molecule has 4 aromatic rings. The Balaban J connectivity index is 1.33. The molecule has 190 valence electrons. The lowest BCUT2D eigenvalue weighted by Crippen LogP contribution is -2.19. The Kier molecular flexibility index (Phi) is 9.70. The van der Waals surface area contributed by atoms with E-state index in [1.807, 2.05) is 67.6 Å². The van der Waals surface area contributed by atoms with Crippen molar-refractivity contribution in [2.45, 2.75) is 24.8 Å². The molecule has 10 heteroatoms. The first kappa shape index (κ1) is 26.8. The van der Waals surface area contributed by atoms with Crippen molar-refractivity contribution in [3.63, 3.8) is 0 Å². The number of nitrogens with one attached hydrogen (secondary N) is 1. The van der Waals surface area contributed by atoms with Gasteiger partial charge in [0, 0.05) is 5.56 Å². The van der Waals surface area contributed by atoms with Crippen molar-refractivity contribution < 1.29 is 14.3 Å². The predicted molar refractivity (Wildman–Crippen MR) is 153 cm³/mol. The quantitative estimate of drug-likeness (QED) is 0.121. The van der Waals surface area contributed by atoms with E-state index in [1.54, 1.807) is 6.21 Å². The zero-order valence-electron chi connectivity index (χ0n) is 20.3. The first-order valence-corrected chi connectivity index (χ1v) is 14.1. The van der Waals surface area contributed by atoms with Crippen LogP contribution in [0.5, 0.6) is 11.5 Å². The summed E-state index contributed by atoms with van der Waals surface area (Å²) in [6.07, 6.45) is 1.57. The van der Waals surface area contributed by atoms with E-state index < -0.39 is 0 Å². The fourth-order valence-corrected chi connectivity index (χ4v) is 5.52. The molecule has 0 unspecified atom stereocenters. The highest BCUT2D eigenvalue weighted by Crippen LogP contribution is 2.37. The molecule has 0 spiro atoms. The number of carbonyl (C=O) groups excluding carboxylic acids is 1. The number of hydrazone groups is 1. The Morgan fingerprint density at radius 3 is 2.68 bits per heavy atom. The Morgan fingerprint density at radius 2 is 1.89 bits per heavy atom. The maximum Gasteiger partial charge on any atom is 0.250 e. The number of hydrogen-bond acceptors (Lipinski definition) is 8. The van der Waals surface area contributed by atoms with Gasteiger partial charge in [0.15, 0.2) is 15.8 Å². The topological polar surface area (TPSA) is 85.7 Å². The van der Waals surface area contributed by atoms with Crippen LogP contribution in [0.3, 0.4) is 0 Å². The van der Waals surface area contributed by atoms with Gasteiger partial charge in [-0.1, -0.05) is 77.7 Å². The van der Waals surface area contributed by atoms with Crippen LogP contribution in [-0.2, 0) is 11.4 Å². The van der Waals surface area contributed by atoms with Crippen LogP contribution in [0.1, 0.15) is 23.6 Å². The molecule has 0 atom stereocenters. The van der Waals surface area contributed by atoms with Gasteiger partial charge in [-0.3, -0.25) is 4.79 Å². The summed E-state index contributed by atoms with van der Waals surface area (Å²) < 4.78 is 13.4. The van der Waals surface area contributed by atoms with Crippen molar-refractivity contribution in [3.05, 3.63) is 87.9 Å². The standard InChI is InChI=1S/C27H25BrN4O3S2/c1-3-34-23-14-19(13-22(28)25(23)35-16-21-12-8-7-9-18(21)2)15-29-30-24(33)17-36-27-32-31-26(37-27)20-10-5-4-6-11-20/h4-15H,3,16-17H2,1-2H3,(H,30,33). The number of carbonyl (C=O) groups is 1. The minimum atomic E-state index is -0.236. The number of ether oxygens (including phenoxy) is 2. The van der Waals surface area contributed by atoms with E-state index in [-0.39, 0.29) is 11.7 Å². The van der Waals surface area contributed by atoms with Gasteiger partial charge in [0.1, 0.15) is 11.6 Å². The molecule has 1 N–H and O–H groups in total. The lowest BCUT2D eigenvalue weighted by atomic mass is 10.1. The smallest absolute Gasteiger partial charge is 0.250 e. The normalized spacial score (nSPS) is 11.0. The van der Waals surface area contributed by atoms with Crippen LogP contribution in [0.15, 0.2) is 80.6 Å². The van der Waals surface area contributed by atoms with Crippen LogP contribution in [0.4, 0.5) is 0 Å². The zero-order chi connectivity index (χ0) is 26.0. The van der Waals surface area contributed by atoms with Gasteiger partial charge in [-0.2, -0.15) is 5.10 Å². The first-order valence-electron chi connectivity index (χ1n) is 11.5. The van der Waals surface area contributed by atoms with Crippen LogP contribution in [0.2, 0.25) is 0 Å². The molecule has 0 radical (unpaired) electrons. The van der Waals surface area contributed by atoms with Gasteiger partial charge in [-0.25, -0.2) is 5.43 Å². The zero-order valence-corrected chi connectivity index (χ0v) is 23.5. The van der Waals surface area contributed by atoms with Crippen LogP contribution in [0, 0.1) is 6.92 Å². The van der Waals surface area contributed by atoms with E-state index in [9.17, 15) is 4.79 Å². The highest BCUT2D eigenvalue weighted by atomic mass is 79.9. The van der Waals surface area contributed by atoms with Crippen LogP contribution in [0.25, 0.3) is 10.6 Å². The summed E-state index contributed by atoms with van der Waals surface area (Å²) in [5.41, 5.74) is 6.58. The summed E-state index contributed by atoms with van der Waals surface area (Å²) in [6, 6.07) is 21.6. The van der Waals surface area contributed by atoms with Crippen molar-refractivity contribution in [3.8, 4) is 22.1 Å². The van der Waals surface area contributed by atoms with Crippen molar-refractivity contribution in [1.82, 2.24) is 15.6 Å². The van der Waals surface area contributed by atoms with Gasteiger partial charge in [0.2, 0.25) is 0 Å². The van der Waals surface area contributed by atoms with Gasteiger partial charge in [0.25, 0.3) is 5.91 Å². The number of benzene rings is 3. The first-order chi connectivity index (χ1) is 18.0. The average Bonchev–Trinajstić information content (AvgIpc) is 3.38. The Hall–Kier alpha value is -3.21. The van der Waals surface area contributed by atoms with Gasteiger partial charge in [0.05, 0.1) is 23.0 Å². The summed E-state index contributed by atoms with van der Waals surface area (Å²) in [5, 5.41) is 13.3. The van der Waals surface area contributed by atoms with Gasteiger partial charge in [-0.15, -0.1) is 10.2 Å². The van der Waals surface area contributed by atoms with Crippen LogP contribution >= 0.6 is 39.0 Å². The second kappa shape index (κ2) is 13.4. The third kappa shape index (κ3) is 7.64. The molecular formula is C27H25BrN4O3S2. The number of nitrogens with zero attached hydrogens (tertiary/aromatic N) is 3. The molecule has 1 heterocycles. The van der Waals surface area contributed by atoms with Gasteiger partial charge in [-0.05, 0) is 58.6 Å². The highest BCUT2D eigenvalue weighted by Gasteiger charge is 2.13. The lowest BCUT2D eigenvalue weighted by Gasteiger charge is -2.15. The Morgan fingerprint density at radius 1 is 1.11 bits per heavy atom. The van der Waals surface area contributed by atoms with E-state index in [2.05, 4.69) is 49.6 Å². The molecule has 0 saturated carbocycles. The molecule has 4 rings (SSSR count). The molecule has 3 aromatic carbocycles. The van der Waals surface area contributed by atoms with E-state index in [0.717, 1.165) is 36.1 Å². The van der Waals surface area contributed by atoms with E-state index in [0.29, 0.717) is 24.7 Å². The minimum Gasteiger partial charge on any atom is -0.490 e. The summed E-state index contributed by atoms with van der Waals surface area (Å²) >= 11 is 6.36. The molecule has 0 aliphatic rings. The number of rotatable bonds is 11. The second-order valence-electron chi connectivity index (χ2n) is 7.80. The molecule has 0 fully saturated rings. The fourth-order valence-electron chi connectivity index (χ4n) is 3.29. The predicted octanol–water partition coefficient (Wildman–Crippen LogP) is 6.50. The largest absolute Gasteiger partial charge is 0.490 e. The van der Waals surface area contributed by atoms with Crippen molar-refractivity contribution in [2.24, 2.45) is 5.10 Å². The third-order valence-corrected chi connectivity index (χ3v) is 7.82.